The molecule has 23 nitrogen and oxygen atoms in total. The van der Waals surface area contributed by atoms with Gasteiger partial charge in [0.15, 0.2) is 0 Å². The number of nitrogens with one attached hydrogen (secondary N) is 2. The van der Waals surface area contributed by atoms with Gasteiger partial charge >= 0.3 is 25.4 Å². The third-order valence-electron chi connectivity index (χ3n) is 19.6. The largest absolute Gasteiger partial charge is 0.494 e. The second-order valence-electron chi connectivity index (χ2n) is 33.4. The number of aromatic nitrogens is 9. The van der Waals surface area contributed by atoms with E-state index in [4.69, 9.17) is 35.0 Å². The van der Waals surface area contributed by atoms with Crippen LogP contribution in [0.3, 0.4) is 0 Å². The molecule has 4 aliphatic rings. The van der Waals surface area contributed by atoms with Gasteiger partial charge in [0, 0.05) is 88.7 Å². The van der Waals surface area contributed by atoms with Gasteiger partial charge in [-0.25, -0.2) is 44.3 Å². The first-order valence-electron chi connectivity index (χ1n) is 40.4. The lowest BCUT2D eigenvalue weighted by atomic mass is 9.78. The molecule has 3 aromatic carbocycles. The van der Waals surface area contributed by atoms with Gasteiger partial charge in [0.2, 0.25) is 35.7 Å². The highest BCUT2D eigenvalue weighted by Gasteiger charge is 2.51. The molecule has 0 unspecified atom stereocenters. The first-order valence-corrected chi connectivity index (χ1v) is 42.8. The molecule has 3 amide bonds. The summed E-state index contributed by atoms with van der Waals surface area (Å²) in [6, 6.07) is 50.4. The highest BCUT2D eigenvalue weighted by Crippen LogP contribution is 2.39. The van der Waals surface area contributed by atoms with Gasteiger partial charge in [-0.2, -0.15) is 26.3 Å². The SMILES string of the molecule is CC(C)(C)OC(=O)Nc1ccc(Br)c(F)n1.CC1(C)OB(c2ccc(C3=Cc4ccncc4C3)cc2)OC1(C)C.CN(C(=O)OC(C)(C)C)c1ccc(-c2ccc(C3=Cc4ccncc4C3)cc2)c(F)n1.CN(C(=O)OC(C)(C)C)c1ccc(Br)c(F)n1.CNc1ccc(-c2ccc(C3=Cc4ccncc4C3)cc2)c(F)n1.Nc1ccc(Br)c(F)n1.Nc1cccc(F)n1. The van der Waals surface area contributed by atoms with Gasteiger partial charge in [-0.05, 0) is 312 Å². The van der Waals surface area contributed by atoms with Crippen molar-refractivity contribution in [2.24, 2.45) is 0 Å². The van der Waals surface area contributed by atoms with Crippen molar-refractivity contribution < 1.29 is 64.2 Å². The van der Waals surface area contributed by atoms with Gasteiger partial charge in [0.05, 0.1) is 24.6 Å². The molecule has 33 heteroatoms. The number of anilines is 6. The number of nitrogens with two attached hydrogens (primary N) is 2. The second-order valence-corrected chi connectivity index (χ2v) is 36.0. The molecule has 6 N–H and O–H groups in total. The second kappa shape index (κ2) is 43.0. The van der Waals surface area contributed by atoms with Crippen LogP contribution in [0.2, 0.25) is 0 Å². The third kappa shape index (κ3) is 28.2. The van der Waals surface area contributed by atoms with Crippen molar-refractivity contribution in [3.05, 3.63) is 306 Å². The maximum absolute atomic E-state index is 14.8. The van der Waals surface area contributed by atoms with E-state index in [9.17, 15) is 40.7 Å². The highest BCUT2D eigenvalue weighted by atomic mass is 79.9. The van der Waals surface area contributed by atoms with Crippen LogP contribution in [0.15, 0.2) is 220 Å². The van der Waals surface area contributed by atoms with Gasteiger partial charge < -0.3 is 40.3 Å². The molecule has 16 rings (SSSR count). The molecule has 0 radical (unpaired) electrons. The van der Waals surface area contributed by atoms with E-state index in [0.29, 0.717) is 21.4 Å². The molecule has 1 aliphatic heterocycles. The van der Waals surface area contributed by atoms with E-state index in [1.165, 1.54) is 129 Å². The zero-order chi connectivity index (χ0) is 94.0. The summed E-state index contributed by atoms with van der Waals surface area (Å²) in [7, 11) is 4.40. The number of nitrogen functional groups attached to an aromatic ring is 2. The van der Waals surface area contributed by atoms with Crippen LogP contribution in [0.5, 0.6) is 0 Å². The Morgan fingerprint density at radius 1 is 0.426 bits per heavy atom. The molecular formula is C96H97BBr3F6N15O8. The molecule has 0 bridgehead atoms. The van der Waals surface area contributed by atoms with Crippen molar-refractivity contribution in [1.82, 2.24) is 44.9 Å². The van der Waals surface area contributed by atoms with E-state index >= 15 is 0 Å². The van der Waals surface area contributed by atoms with E-state index in [2.05, 4.69) is 180 Å². The lowest BCUT2D eigenvalue weighted by molar-refractivity contribution is 0.00578. The number of halogens is 9. The fourth-order valence-electron chi connectivity index (χ4n) is 12.4. The Balaban J connectivity index is 0.000000163. The topological polar surface area (TPSA) is 296 Å². The van der Waals surface area contributed by atoms with Crippen LogP contribution in [0.1, 0.15) is 140 Å². The number of nitrogens with zero attached hydrogens (tertiary/aromatic N) is 11. The molecule has 1 saturated heterocycles. The Morgan fingerprint density at radius 2 is 0.783 bits per heavy atom. The molecule has 0 saturated carbocycles. The number of pyridine rings is 9. The Bertz CT molecular complexity index is 6070. The summed E-state index contributed by atoms with van der Waals surface area (Å²) < 4.78 is 108. The molecule has 3 aliphatic carbocycles. The summed E-state index contributed by atoms with van der Waals surface area (Å²) in [6.45, 7) is 24.1. The smallest absolute Gasteiger partial charge is 0.444 e. The zero-order valence-electron chi connectivity index (χ0n) is 73.8. The standard InChI is InChI=1S/C25H24FN3O2.C20H22BNO2.C20H16FN3.C11H14BrFN2O2.C10H12BrFN2O2.C5H4BrFN2.C5H5FN2/c1-25(2,3)31-24(30)29(4)22-10-9-21(23(26)28-22)17-7-5-16(6-8-17)19-13-18-11-12-27-15-20(18)14-19;1-19(2)20(3,4)24-21(23-19)18-7-5-14(6-8-18)16-11-15-9-10-22-13-17(15)12-16;1-22-19-7-6-18(20(21)24-19)14-4-2-13(3-5-14)16-10-15-8-9-23-12-17(15)11-16;1-11(2,3)17-10(16)15(4)8-6-5-7(12)9(13)14-8;1-10(2,3)16-9(15)14-7-5-4-6(11)8(12)13-7;6-3-1-2-4(8)9-5(3)7;6-4-2-1-3-5(7)8-4/h5-13,15H,14H2,1-4H3;5-11,13H,12H2,1-4H3;2-10,12H,11H2,1H3,(H,22,24);5-6H,1-4H3;4-5H,1-3H3,(H,13,14,15);1-2H,(H2,8,9);1-3H,(H2,7,8). The molecule has 670 valence electrons. The molecule has 0 atom stereocenters. The average molecular weight is 1950 g/mol. The molecule has 9 aromatic heterocycles. The Morgan fingerprint density at radius 3 is 1.15 bits per heavy atom. The van der Waals surface area contributed by atoms with E-state index < -0.39 is 70.8 Å². The minimum absolute atomic E-state index is 0.106. The number of amides is 3. The lowest BCUT2D eigenvalue weighted by Crippen LogP contribution is -2.41. The van der Waals surface area contributed by atoms with Gasteiger partial charge in [0.1, 0.15) is 51.7 Å². The van der Waals surface area contributed by atoms with E-state index in [1.54, 1.807) is 99.8 Å². The number of hydrogen-bond acceptors (Lipinski definition) is 20. The summed E-state index contributed by atoms with van der Waals surface area (Å²) in [6.07, 6.45) is 18.7. The summed E-state index contributed by atoms with van der Waals surface area (Å²) >= 11 is 8.89. The van der Waals surface area contributed by atoms with Crippen molar-refractivity contribution in [3.8, 4) is 22.3 Å². The van der Waals surface area contributed by atoms with Crippen molar-refractivity contribution in [2.75, 3.05) is 53.0 Å². The molecular weight excluding hydrogens is 1860 g/mol. The number of rotatable bonds is 10. The first kappa shape index (κ1) is 98.6. The maximum atomic E-state index is 14.8. The highest BCUT2D eigenvalue weighted by molar-refractivity contribution is 9.11. The summed E-state index contributed by atoms with van der Waals surface area (Å²) in [5.41, 5.74) is 26.0. The number of benzene rings is 3. The van der Waals surface area contributed by atoms with Crippen LogP contribution in [0.25, 0.3) is 57.2 Å². The number of ether oxygens (including phenoxy) is 3. The molecule has 0 spiro atoms. The van der Waals surface area contributed by atoms with E-state index in [0.717, 1.165) is 51.9 Å². The van der Waals surface area contributed by atoms with Crippen LogP contribution in [-0.4, -0.2) is 119 Å². The Labute approximate surface area is 771 Å². The predicted octanol–water partition coefficient (Wildman–Crippen LogP) is 22.7. The number of carbonyl (C=O) groups excluding carboxylic acids is 3. The van der Waals surface area contributed by atoms with Crippen LogP contribution in [-0.2, 0) is 42.8 Å². The van der Waals surface area contributed by atoms with Crippen molar-refractivity contribution >= 4 is 149 Å². The normalized spacial score (nSPS) is 13.4. The van der Waals surface area contributed by atoms with Crippen molar-refractivity contribution in [2.45, 2.75) is 137 Å². The van der Waals surface area contributed by atoms with Crippen molar-refractivity contribution in [3.63, 3.8) is 0 Å². The fourth-order valence-corrected chi connectivity index (χ4v) is 13.1. The summed E-state index contributed by atoms with van der Waals surface area (Å²) in [4.78, 5) is 71.8. The predicted molar refractivity (Wildman–Crippen MR) is 506 cm³/mol. The quantitative estimate of drug-likeness (QED) is 0.0428. The third-order valence-corrected chi connectivity index (χ3v) is 21.4. The number of fused-ring (bicyclic) bond motifs is 3. The van der Waals surface area contributed by atoms with Crippen LogP contribution < -0.4 is 37.4 Å². The van der Waals surface area contributed by atoms with Gasteiger partial charge in [-0.3, -0.25) is 30.1 Å². The summed E-state index contributed by atoms with van der Waals surface area (Å²) in [5.74, 6) is -2.15. The average Bonchev–Trinajstić information content (AvgIpc) is 1.62. The fraction of sp³-hybridized carbons (Fsp3) is 0.250. The zero-order valence-corrected chi connectivity index (χ0v) is 78.6. The van der Waals surface area contributed by atoms with Crippen LogP contribution in [0, 0.1) is 35.7 Å². The molecule has 10 heterocycles. The van der Waals surface area contributed by atoms with Gasteiger partial charge in [-0.1, -0.05) is 97.1 Å². The number of carbonyl (C=O) groups is 3. The number of allylic oxidation sites excluding steroid dienone is 3. The van der Waals surface area contributed by atoms with Gasteiger partial charge in [0.25, 0.3) is 0 Å². The Kier molecular flexibility index (Phi) is 32.9. The molecule has 129 heavy (non-hydrogen) atoms. The van der Waals surface area contributed by atoms with Gasteiger partial charge in [-0.15, -0.1) is 0 Å². The van der Waals surface area contributed by atoms with Crippen LogP contribution >= 0.6 is 47.8 Å². The Hall–Kier alpha value is -12.6. The minimum Gasteiger partial charge on any atom is -0.444 e. The number of hydrogen-bond donors (Lipinski definition) is 4. The monoisotopic (exact) mass is 1950 g/mol. The lowest BCUT2D eigenvalue weighted by Gasteiger charge is -2.32. The molecule has 12 aromatic rings. The molecule has 1 fully saturated rings. The maximum Gasteiger partial charge on any atom is 0.494 e. The van der Waals surface area contributed by atoms with Crippen LogP contribution in [0.4, 0.5) is 75.6 Å². The van der Waals surface area contributed by atoms with E-state index in [1.807, 2.05) is 91.6 Å². The first-order chi connectivity index (χ1) is 60.8. The van der Waals surface area contributed by atoms with Crippen molar-refractivity contribution in [1.29, 1.82) is 0 Å². The minimum atomic E-state index is -0.687. The summed E-state index contributed by atoms with van der Waals surface area (Å²) in [5, 5.41) is 5.17. The van der Waals surface area contributed by atoms with E-state index in [-0.39, 0.29) is 56.4 Å².